The van der Waals surface area contributed by atoms with Crippen LogP contribution >= 0.6 is 12.4 Å². The van der Waals surface area contributed by atoms with Crippen LogP contribution in [0.2, 0.25) is 0 Å². The van der Waals surface area contributed by atoms with E-state index in [0.29, 0.717) is 11.7 Å². The van der Waals surface area contributed by atoms with Crippen molar-refractivity contribution in [1.82, 2.24) is 10.3 Å². The van der Waals surface area contributed by atoms with Crippen LogP contribution in [0.3, 0.4) is 0 Å². The first-order valence-corrected chi connectivity index (χ1v) is 12.2. The van der Waals surface area contributed by atoms with Crippen LogP contribution < -0.4 is 10.6 Å². The summed E-state index contributed by atoms with van der Waals surface area (Å²) < 4.78 is 22.5. The number of rotatable bonds is 6. The Morgan fingerprint density at radius 3 is 2.57 bits per heavy atom. The highest BCUT2D eigenvalue weighted by atomic mass is 35.5. The Morgan fingerprint density at radius 2 is 1.93 bits per heavy atom. The molecule has 4 rings (SSSR count). The minimum Gasteiger partial charge on any atom is -0.381 e. The zero-order valence-electron chi connectivity index (χ0n) is 16.4. The van der Waals surface area contributed by atoms with Crippen molar-refractivity contribution in [3.05, 3.63) is 23.0 Å². The smallest absolute Gasteiger partial charge is 0.270 e. The van der Waals surface area contributed by atoms with Crippen LogP contribution in [0.25, 0.3) is 0 Å². The van der Waals surface area contributed by atoms with E-state index in [2.05, 4.69) is 15.6 Å². The molecule has 1 aromatic heterocycles. The Hall–Kier alpha value is -1.34. The first kappa shape index (κ1) is 21.4. The fourth-order valence-corrected chi connectivity index (χ4v) is 5.60. The molecular formula is C20H30ClN3O3S. The molecule has 0 saturated heterocycles. The fourth-order valence-electron chi connectivity index (χ4n) is 5.12. The maximum atomic E-state index is 12.6. The van der Waals surface area contributed by atoms with Crippen molar-refractivity contribution < 1.29 is 13.2 Å². The van der Waals surface area contributed by atoms with Crippen molar-refractivity contribution in [2.24, 2.45) is 11.8 Å². The van der Waals surface area contributed by atoms with Gasteiger partial charge in [0.1, 0.15) is 15.5 Å². The highest BCUT2D eigenvalue weighted by Crippen LogP contribution is 2.46. The number of sulfone groups is 1. The molecule has 156 valence electrons. The van der Waals surface area contributed by atoms with Crippen molar-refractivity contribution in [1.29, 1.82) is 0 Å². The van der Waals surface area contributed by atoms with Gasteiger partial charge in [-0.25, -0.2) is 13.4 Å². The van der Waals surface area contributed by atoms with E-state index in [1.165, 1.54) is 37.5 Å². The molecule has 3 aliphatic carbocycles. The quantitative estimate of drug-likeness (QED) is 0.728. The van der Waals surface area contributed by atoms with E-state index in [1.54, 1.807) is 0 Å². The maximum Gasteiger partial charge on any atom is 0.270 e. The molecule has 3 atom stereocenters. The first-order valence-electron chi connectivity index (χ1n) is 10.1. The van der Waals surface area contributed by atoms with Gasteiger partial charge in [0.15, 0.2) is 0 Å². The van der Waals surface area contributed by atoms with Gasteiger partial charge in [0.2, 0.25) is 0 Å². The number of anilines is 1. The molecule has 2 saturated carbocycles. The molecule has 2 N–H and O–H groups in total. The molecule has 0 spiro atoms. The standard InChI is InChI=1S/C20H29N3O3S.ClH/c1-27(25,26)9-8-21-20(24)19-16-5-3-2-4-15(16)18(12-22-19)23-17-11-13-6-7-14(17)10-13;/h12-14,17,23H,2-11H2,1H3,(H,21,24);1H/t13-,14+,17+;/m0./s1. The monoisotopic (exact) mass is 427 g/mol. The third kappa shape index (κ3) is 4.62. The molecule has 0 radical (unpaired) electrons. The largest absolute Gasteiger partial charge is 0.381 e. The molecule has 3 aliphatic rings. The summed E-state index contributed by atoms with van der Waals surface area (Å²) in [7, 11) is -3.09. The summed E-state index contributed by atoms with van der Waals surface area (Å²) in [4.78, 5) is 17.1. The van der Waals surface area contributed by atoms with Gasteiger partial charge in [-0.3, -0.25) is 4.79 Å². The van der Waals surface area contributed by atoms with Crippen molar-refractivity contribution in [2.45, 2.75) is 57.4 Å². The minimum atomic E-state index is -3.09. The summed E-state index contributed by atoms with van der Waals surface area (Å²) in [6.07, 6.45) is 12.4. The molecule has 8 heteroatoms. The van der Waals surface area contributed by atoms with Gasteiger partial charge in [-0.2, -0.15) is 0 Å². The summed E-state index contributed by atoms with van der Waals surface area (Å²) in [6, 6.07) is 0.547. The van der Waals surface area contributed by atoms with E-state index in [4.69, 9.17) is 0 Å². The molecule has 0 aliphatic heterocycles. The van der Waals surface area contributed by atoms with Crippen LogP contribution in [0, 0.1) is 11.8 Å². The summed E-state index contributed by atoms with van der Waals surface area (Å²) in [5.74, 6) is 1.36. The van der Waals surface area contributed by atoms with Gasteiger partial charge >= 0.3 is 0 Å². The third-order valence-electron chi connectivity index (χ3n) is 6.45. The predicted octanol–water partition coefficient (Wildman–Crippen LogP) is 2.76. The molecule has 0 unspecified atom stereocenters. The topological polar surface area (TPSA) is 88.2 Å². The number of halogens is 1. The number of carbonyl (C=O) groups is 1. The van der Waals surface area contributed by atoms with Crippen LogP contribution in [-0.2, 0) is 22.7 Å². The Balaban J connectivity index is 0.00000225. The zero-order valence-corrected chi connectivity index (χ0v) is 18.0. The lowest BCUT2D eigenvalue weighted by molar-refractivity contribution is 0.0950. The number of nitrogens with one attached hydrogen (secondary N) is 2. The van der Waals surface area contributed by atoms with Gasteiger partial charge in [-0.15, -0.1) is 12.4 Å². The number of carbonyl (C=O) groups excluding carboxylic acids is 1. The van der Waals surface area contributed by atoms with Gasteiger partial charge in [0, 0.05) is 18.8 Å². The molecular weight excluding hydrogens is 398 g/mol. The lowest BCUT2D eigenvalue weighted by atomic mass is 9.88. The lowest BCUT2D eigenvalue weighted by Gasteiger charge is -2.28. The van der Waals surface area contributed by atoms with Crippen molar-refractivity contribution in [2.75, 3.05) is 23.9 Å². The van der Waals surface area contributed by atoms with Crippen LogP contribution in [0.1, 0.15) is 60.1 Å². The number of nitrogens with zero attached hydrogens (tertiary/aromatic N) is 1. The molecule has 2 bridgehead atoms. The van der Waals surface area contributed by atoms with Gasteiger partial charge in [0.25, 0.3) is 5.91 Å². The number of amides is 1. The molecule has 1 heterocycles. The SMILES string of the molecule is CS(=O)(=O)CCNC(=O)c1ncc(N[C@@H]2C[C@H]3CC[C@@H]2C3)c2c1CCCC2.Cl. The average Bonchev–Trinajstić information content (AvgIpc) is 3.24. The molecule has 6 nitrogen and oxygen atoms in total. The van der Waals surface area contributed by atoms with Gasteiger partial charge in [0.05, 0.1) is 17.6 Å². The van der Waals surface area contributed by atoms with Gasteiger partial charge < -0.3 is 10.6 Å². The molecule has 28 heavy (non-hydrogen) atoms. The number of fused-ring (bicyclic) bond motifs is 3. The Kier molecular flexibility index (Phi) is 6.54. The normalized spacial score (nSPS) is 25.7. The van der Waals surface area contributed by atoms with Crippen molar-refractivity contribution in [3.8, 4) is 0 Å². The molecule has 2 fully saturated rings. The lowest BCUT2D eigenvalue weighted by Crippen LogP contribution is -2.32. The second-order valence-electron chi connectivity index (χ2n) is 8.50. The van der Waals surface area contributed by atoms with E-state index in [0.717, 1.165) is 48.8 Å². The van der Waals surface area contributed by atoms with Crippen molar-refractivity contribution >= 4 is 33.8 Å². The summed E-state index contributed by atoms with van der Waals surface area (Å²) in [5.41, 5.74) is 3.87. The summed E-state index contributed by atoms with van der Waals surface area (Å²) in [5, 5.41) is 6.48. The van der Waals surface area contributed by atoms with E-state index < -0.39 is 9.84 Å². The van der Waals surface area contributed by atoms with E-state index >= 15 is 0 Å². The number of aromatic nitrogens is 1. The molecule has 0 aromatic carbocycles. The van der Waals surface area contributed by atoms with E-state index in [9.17, 15) is 13.2 Å². The highest BCUT2D eigenvalue weighted by Gasteiger charge is 2.39. The summed E-state index contributed by atoms with van der Waals surface area (Å²) in [6.45, 7) is 0.124. The van der Waals surface area contributed by atoms with Crippen LogP contribution in [-0.4, -0.2) is 43.9 Å². The van der Waals surface area contributed by atoms with Crippen LogP contribution in [0.5, 0.6) is 0 Å². The predicted molar refractivity (Wildman–Crippen MR) is 113 cm³/mol. The van der Waals surface area contributed by atoms with Crippen molar-refractivity contribution in [3.63, 3.8) is 0 Å². The van der Waals surface area contributed by atoms with Gasteiger partial charge in [-0.05, 0) is 67.9 Å². The van der Waals surface area contributed by atoms with Crippen LogP contribution in [0.4, 0.5) is 5.69 Å². The number of pyridine rings is 1. The first-order chi connectivity index (χ1) is 12.9. The Bertz CT molecular complexity index is 843. The minimum absolute atomic E-state index is 0. The Labute approximate surface area is 173 Å². The summed E-state index contributed by atoms with van der Waals surface area (Å²) >= 11 is 0. The second-order valence-corrected chi connectivity index (χ2v) is 10.8. The highest BCUT2D eigenvalue weighted by molar-refractivity contribution is 7.90. The third-order valence-corrected chi connectivity index (χ3v) is 7.40. The average molecular weight is 428 g/mol. The second kappa shape index (κ2) is 8.57. The number of hydrogen-bond donors (Lipinski definition) is 2. The van der Waals surface area contributed by atoms with Crippen LogP contribution in [0.15, 0.2) is 6.20 Å². The Morgan fingerprint density at radius 1 is 1.18 bits per heavy atom. The van der Waals surface area contributed by atoms with E-state index in [1.807, 2.05) is 6.20 Å². The van der Waals surface area contributed by atoms with E-state index in [-0.39, 0.29) is 30.6 Å². The molecule has 1 aromatic rings. The molecule has 1 amide bonds. The fraction of sp³-hybridized carbons (Fsp3) is 0.700. The van der Waals surface area contributed by atoms with Gasteiger partial charge in [-0.1, -0.05) is 6.42 Å². The number of hydrogen-bond acceptors (Lipinski definition) is 5. The zero-order chi connectivity index (χ0) is 19.0. The maximum absolute atomic E-state index is 12.6.